The van der Waals surface area contributed by atoms with Crippen LogP contribution in [-0.2, 0) is 13.9 Å². The first-order valence-electron chi connectivity index (χ1n) is 11.5. The molecule has 1 unspecified atom stereocenters. The maximum absolute atomic E-state index is 12.0. The van der Waals surface area contributed by atoms with E-state index in [-0.39, 0.29) is 5.91 Å². The maximum Gasteiger partial charge on any atom is 0.220 e. The first-order valence-corrected chi connectivity index (χ1v) is 12.9. The lowest BCUT2D eigenvalue weighted by Crippen LogP contribution is -2.52. The number of carbonyl (C=O) groups excluding carboxylic acids is 1. The van der Waals surface area contributed by atoms with E-state index >= 15 is 0 Å². The molecule has 0 aromatic rings. The Morgan fingerprint density at radius 3 is 1.97 bits per heavy atom. The van der Waals surface area contributed by atoms with Crippen molar-refractivity contribution < 1.29 is 28.8 Å². The van der Waals surface area contributed by atoms with Crippen LogP contribution in [0.2, 0.25) is 0 Å². The summed E-state index contributed by atoms with van der Waals surface area (Å²) < 4.78 is 14.7. The molecule has 0 aromatic heterocycles. The number of carbonyl (C=O) groups is 1. The topological polar surface area (TPSA) is 122 Å². The van der Waals surface area contributed by atoms with Crippen molar-refractivity contribution in [1.82, 2.24) is 5.32 Å². The van der Waals surface area contributed by atoms with E-state index in [2.05, 4.69) is 28.9 Å². The minimum Gasteiger partial charge on any atom is -0.790 e. The summed E-state index contributed by atoms with van der Waals surface area (Å²) >= 11 is 0. The van der Waals surface area contributed by atoms with Crippen molar-refractivity contribution in [3.8, 4) is 0 Å². The average Bonchev–Trinajstić information content (AvgIpc) is 2.69. The van der Waals surface area contributed by atoms with Gasteiger partial charge < -0.3 is 29.3 Å². The summed E-state index contributed by atoms with van der Waals surface area (Å²) in [6.45, 7) is 2.57. The number of nitrogens with one attached hydrogen (secondary N) is 1. The van der Waals surface area contributed by atoms with E-state index in [4.69, 9.17) is 0 Å². The second-order valence-electron chi connectivity index (χ2n) is 8.32. The van der Waals surface area contributed by atoms with Crippen LogP contribution in [-0.4, -0.2) is 29.8 Å². The van der Waals surface area contributed by atoms with Crippen molar-refractivity contribution in [3.05, 3.63) is 12.2 Å². The molecule has 0 aliphatic heterocycles. The van der Waals surface area contributed by atoms with Crippen molar-refractivity contribution in [3.63, 3.8) is 0 Å². The van der Waals surface area contributed by atoms with Gasteiger partial charge in [0, 0.05) is 6.42 Å². The van der Waals surface area contributed by atoms with Crippen LogP contribution in [0.3, 0.4) is 0 Å². The van der Waals surface area contributed by atoms with Gasteiger partial charge in [-0.3, -0.25) is 4.79 Å². The van der Waals surface area contributed by atoms with E-state index in [0.717, 1.165) is 38.5 Å². The molecule has 0 bridgehead atoms. The third kappa shape index (κ3) is 19.3. The number of aliphatic hydroxyl groups is 1. The summed E-state index contributed by atoms with van der Waals surface area (Å²) in [6.07, 6.45) is 20.2. The number of unbranched alkanes of at least 4 members (excludes halogenated alkanes) is 11. The lowest BCUT2D eigenvalue weighted by molar-refractivity contribution is -0.342. The van der Waals surface area contributed by atoms with Gasteiger partial charge in [0.1, 0.15) is 0 Å². The highest BCUT2D eigenvalue weighted by atomic mass is 31.2. The van der Waals surface area contributed by atoms with Gasteiger partial charge in [-0.2, -0.15) is 0 Å². The van der Waals surface area contributed by atoms with E-state index in [0.29, 0.717) is 6.42 Å². The highest BCUT2D eigenvalue weighted by Crippen LogP contribution is 2.26. The molecule has 0 aliphatic rings. The number of amides is 1. The van der Waals surface area contributed by atoms with Gasteiger partial charge in [0.2, 0.25) is 5.91 Å². The number of allylic oxidation sites excluding steroid dienone is 2. The average molecular weight is 448 g/mol. The lowest BCUT2D eigenvalue weighted by atomic mass is 10.0. The predicted octanol–water partition coefficient (Wildman–Crippen LogP) is 3.74. The molecule has 8 heteroatoms. The fourth-order valence-corrected chi connectivity index (χ4v) is 3.54. The molecule has 30 heavy (non-hydrogen) atoms. The second kappa shape index (κ2) is 17.9. The van der Waals surface area contributed by atoms with Crippen molar-refractivity contribution in [2.24, 2.45) is 0 Å². The first-order chi connectivity index (χ1) is 14.2. The molecular weight excluding hydrogens is 405 g/mol. The molecule has 2 N–H and O–H groups in total. The molecule has 178 valence electrons. The Kier molecular flexibility index (Phi) is 17.5. The normalized spacial score (nSPS) is 14.2. The molecule has 0 radical (unpaired) electrons. The number of phosphoric acid groups is 1. The molecule has 1 atom stereocenters. The molecule has 1 amide bonds. The van der Waals surface area contributed by atoms with Gasteiger partial charge >= 0.3 is 0 Å². The van der Waals surface area contributed by atoms with Crippen LogP contribution in [0, 0.1) is 0 Å². The number of phosphoric ester groups is 1. The Bertz CT molecular complexity index is 508. The monoisotopic (exact) mass is 447 g/mol. The Labute approximate surface area is 182 Å². The molecular formula is C22H42NO6P-2. The van der Waals surface area contributed by atoms with Crippen LogP contribution in [0.5, 0.6) is 0 Å². The zero-order valence-corrected chi connectivity index (χ0v) is 19.8. The van der Waals surface area contributed by atoms with E-state index in [1.807, 2.05) is 0 Å². The van der Waals surface area contributed by atoms with E-state index < -0.39 is 26.6 Å². The fourth-order valence-electron chi connectivity index (χ4n) is 3.10. The largest absolute Gasteiger partial charge is 0.790 e. The second-order valence-corrected chi connectivity index (χ2v) is 9.47. The molecule has 0 saturated heterocycles. The number of hydrogen-bond acceptors (Lipinski definition) is 6. The van der Waals surface area contributed by atoms with Gasteiger partial charge in [-0.25, -0.2) is 0 Å². The third-order valence-electron chi connectivity index (χ3n) is 5.00. The Hall–Kier alpha value is -0.720. The highest BCUT2D eigenvalue weighted by Gasteiger charge is 2.26. The standard InChI is InChI=1S/C22H44NO6P/c1-3-4-5-6-7-8-9-10-11-12-13-14-15-16-17-18-21(25)23-22(2,19-24)20-29-30(26,27)28/h10-11,24H,3-9,12-20H2,1-2H3,(H,23,25)(H2,26,27,28)/p-2/b11-10-. The van der Waals surface area contributed by atoms with E-state index in [9.17, 15) is 24.3 Å². The van der Waals surface area contributed by atoms with Gasteiger partial charge in [-0.05, 0) is 39.0 Å². The Morgan fingerprint density at radius 1 is 0.967 bits per heavy atom. The molecule has 7 nitrogen and oxygen atoms in total. The molecule has 0 aliphatic carbocycles. The predicted molar refractivity (Wildman–Crippen MR) is 117 cm³/mol. The maximum atomic E-state index is 12.0. The Balaban J connectivity index is 3.64. The number of hydrogen-bond donors (Lipinski definition) is 2. The van der Waals surface area contributed by atoms with Gasteiger partial charge in [0.25, 0.3) is 0 Å². The van der Waals surface area contributed by atoms with Gasteiger partial charge in [0.15, 0.2) is 0 Å². The van der Waals surface area contributed by atoms with Crippen molar-refractivity contribution in [2.75, 3.05) is 13.2 Å². The van der Waals surface area contributed by atoms with Crippen LogP contribution in [0.4, 0.5) is 0 Å². The summed E-state index contributed by atoms with van der Waals surface area (Å²) in [6, 6.07) is 0. The smallest absolute Gasteiger partial charge is 0.220 e. The van der Waals surface area contributed by atoms with E-state index in [1.54, 1.807) is 0 Å². The summed E-state index contributed by atoms with van der Waals surface area (Å²) in [4.78, 5) is 33.1. The highest BCUT2D eigenvalue weighted by molar-refractivity contribution is 7.43. The van der Waals surface area contributed by atoms with Crippen LogP contribution in [0.1, 0.15) is 104 Å². The summed E-state index contributed by atoms with van der Waals surface area (Å²) in [7, 11) is -5.14. The molecule has 0 rings (SSSR count). The van der Waals surface area contributed by atoms with Gasteiger partial charge in [0.05, 0.1) is 26.6 Å². The Morgan fingerprint density at radius 2 is 1.47 bits per heavy atom. The molecule has 0 spiro atoms. The summed E-state index contributed by atoms with van der Waals surface area (Å²) in [5.74, 6) is -0.292. The molecule has 0 heterocycles. The van der Waals surface area contributed by atoms with Gasteiger partial charge in [-0.15, -0.1) is 0 Å². The van der Waals surface area contributed by atoms with Crippen molar-refractivity contribution in [2.45, 2.75) is 109 Å². The van der Waals surface area contributed by atoms with Crippen molar-refractivity contribution >= 4 is 13.7 Å². The molecule has 0 fully saturated rings. The fraction of sp³-hybridized carbons (Fsp3) is 0.864. The summed E-state index contributed by atoms with van der Waals surface area (Å²) in [5, 5.41) is 11.9. The number of aliphatic hydroxyl groups excluding tert-OH is 1. The number of rotatable bonds is 20. The van der Waals surface area contributed by atoms with Crippen molar-refractivity contribution in [1.29, 1.82) is 0 Å². The van der Waals surface area contributed by atoms with Crippen LogP contribution < -0.4 is 15.1 Å². The zero-order valence-electron chi connectivity index (χ0n) is 18.9. The van der Waals surface area contributed by atoms with Crippen LogP contribution in [0.15, 0.2) is 12.2 Å². The quantitative estimate of drug-likeness (QED) is 0.167. The first kappa shape index (κ1) is 29.3. The minimum atomic E-state index is -5.14. The third-order valence-corrected chi connectivity index (χ3v) is 5.44. The van der Waals surface area contributed by atoms with E-state index in [1.165, 1.54) is 51.9 Å². The van der Waals surface area contributed by atoms with Crippen LogP contribution in [0.25, 0.3) is 0 Å². The molecule has 0 aromatic carbocycles. The molecule has 0 saturated carbocycles. The van der Waals surface area contributed by atoms with Gasteiger partial charge in [-0.1, -0.05) is 70.4 Å². The zero-order chi connectivity index (χ0) is 22.7. The SMILES string of the molecule is CCCCCCCC/C=C\CCCCCCCC(=O)NC(C)(CO)COP(=O)([O-])[O-]. The minimum absolute atomic E-state index is 0.292. The lowest BCUT2D eigenvalue weighted by Gasteiger charge is -2.35. The van der Waals surface area contributed by atoms with Crippen LogP contribution >= 0.6 is 7.82 Å². The summed E-state index contributed by atoms with van der Waals surface area (Å²) in [5.41, 5.74) is -1.29.